The third-order valence-corrected chi connectivity index (χ3v) is 2.92. The highest BCUT2D eigenvalue weighted by Crippen LogP contribution is 2.44. The van der Waals surface area contributed by atoms with E-state index in [4.69, 9.17) is 15.9 Å². The van der Waals surface area contributed by atoms with Gasteiger partial charge in [-0.1, -0.05) is 0 Å². The highest BCUT2D eigenvalue weighted by Gasteiger charge is 2.30. The van der Waals surface area contributed by atoms with E-state index < -0.39 is 57.9 Å². The van der Waals surface area contributed by atoms with Gasteiger partial charge < -0.3 is 30.3 Å². The fraction of sp³-hybridized carbons (Fsp3) is 0.667. The van der Waals surface area contributed by atoms with Gasteiger partial charge >= 0.3 is 25.9 Å². The first-order chi connectivity index (χ1) is 10.0. The molecule has 3 atom stereocenters. The molecule has 13 heteroatoms. The van der Waals surface area contributed by atoms with E-state index in [1.54, 1.807) is 0 Å². The predicted molar refractivity (Wildman–Crippen MR) is 66.9 cm³/mol. The average molecular weight is 345 g/mol. The van der Waals surface area contributed by atoms with Crippen molar-refractivity contribution in [2.45, 2.75) is 19.1 Å². The van der Waals surface area contributed by atoms with Crippen molar-refractivity contribution in [2.75, 3.05) is 19.8 Å². The summed E-state index contributed by atoms with van der Waals surface area (Å²) in [6.07, 6.45) is -3.12. The highest BCUT2D eigenvalue weighted by molar-refractivity contribution is 7.47. The molecular formula is C9H16NO11P. The van der Waals surface area contributed by atoms with Gasteiger partial charge in [-0.05, 0) is 0 Å². The Labute approximate surface area is 124 Å². The Bertz CT molecular complexity index is 435. The molecule has 0 bridgehead atoms. The van der Waals surface area contributed by atoms with Gasteiger partial charge in [0.25, 0.3) is 0 Å². The zero-order chi connectivity index (χ0) is 17.3. The summed E-state index contributed by atoms with van der Waals surface area (Å²) in [5.41, 5.74) is 5.07. The van der Waals surface area contributed by atoms with E-state index in [1.807, 2.05) is 0 Å². The van der Waals surface area contributed by atoms with Crippen molar-refractivity contribution in [1.82, 2.24) is 0 Å². The lowest BCUT2D eigenvalue weighted by molar-refractivity contribution is -0.145. The molecule has 12 nitrogen and oxygen atoms in total. The Hall–Kier alpha value is -1.72. The average Bonchev–Trinajstić information content (AvgIpc) is 2.38. The van der Waals surface area contributed by atoms with Gasteiger partial charge in [0.05, 0.1) is 6.61 Å². The molecule has 0 aromatic rings. The molecule has 0 aliphatic rings. The van der Waals surface area contributed by atoms with E-state index in [0.29, 0.717) is 0 Å². The molecule has 0 saturated heterocycles. The first kappa shape index (κ1) is 20.3. The summed E-state index contributed by atoms with van der Waals surface area (Å²) in [6, 6.07) is -1.56. The van der Waals surface area contributed by atoms with Crippen LogP contribution in [0.2, 0.25) is 0 Å². The maximum absolute atomic E-state index is 11.6. The standard InChI is InChI=1S/C9H16NO11P/c1-5(11)18-2-6(3-19-9(14)15)21-22(16,17)20-4-7(10)8(12)13/h6-7H,2-4,10H2,1H3,(H,12,13)(H,14,15)(H,16,17). The molecule has 0 aliphatic heterocycles. The Morgan fingerprint density at radius 3 is 2.14 bits per heavy atom. The number of phosphoric acid groups is 1. The number of rotatable bonds is 10. The minimum Gasteiger partial charge on any atom is -0.480 e. The number of carboxylic acid groups (broad SMARTS) is 2. The van der Waals surface area contributed by atoms with E-state index in [2.05, 4.69) is 18.5 Å². The van der Waals surface area contributed by atoms with Crippen LogP contribution in [0.25, 0.3) is 0 Å². The third kappa shape index (κ3) is 10.1. The number of esters is 1. The number of carboxylic acids is 1. The van der Waals surface area contributed by atoms with Crippen molar-refractivity contribution in [3.05, 3.63) is 0 Å². The maximum Gasteiger partial charge on any atom is 0.505 e. The van der Waals surface area contributed by atoms with Crippen molar-refractivity contribution in [3.8, 4) is 0 Å². The largest absolute Gasteiger partial charge is 0.505 e. The van der Waals surface area contributed by atoms with Crippen LogP contribution in [0, 0.1) is 0 Å². The van der Waals surface area contributed by atoms with Crippen LogP contribution in [0.1, 0.15) is 6.92 Å². The van der Waals surface area contributed by atoms with Crippen molar-refractivity contribution in [3.63, 3.8) is 0 Å². The Morgan fingerprint density at radius 2 is 1.68 bits per heavy atom. The second-order valence-corrected chi connectivity index (χ2v) is 5.22. The molecule has 128 valence electrons. The molecule has 5 N–H and O–H groups in total. The van der Waals surface area contributed by atoms with E-state index in [9.17, 15) is 23.8 Å². The van der Waals surface area contributed by atoms with Crippen LogP contribution in [0.3, 0.4) is 0 Å². The summed E-state index contributed by atoms with van der Waals surface area (Å²) in [7, 11) is -4.77. The number of carbonyl (C=O) groups excluding carboxylic acids is 1. The van der Waals surface area contributed by atoms with Crippen LogP contribution in [0.15, 0.2) is 0 Å². The molecule has 0 aliphatic carbocycles. The fourth-order valence-electron chi connectivity index (χ4n) is 0.948. The van der Waals surface area contributed by atoms with Gasteiger partial charge in [-0.2, -0.15) is 0 Å². The normalized spacial score (nSPS) is 16.1. The van der Waals surface area contributed by atoms with Crippen LogP contribution in [-0.2, 0) is 32.7 Å². The number of ether oxygens (including phenoxy) is 2. The molecule has 0 aromatic heterocycles. The molecule has 0 amide bonds. The molecule has 0 heterocycles. The summed E-state index contributed by atoms with van der Waals surface area (Å²) >= 11 is 0. The summed E-state index contributed by atoms with van der Waals surface area (Å²) < 4.78 is 29.1. The molecule has 0 aromatic carbocycles. The first-order valence-electron chi connectivity index (χ1n) is 5.66. The summed E-state index contributed by atoms with van der Waals surface area (Å²) in [5, 5.41) is 16.8. The molecule has 0 radical (unpaired) electrons. The second-order valence-electron chi connectivity index (χ2n) is 3.82. The lowest BCUT2D eigenvalue weighted by Gasteiger charge is -2.20. The van der Waals surface area contributed by atoms with Crippen molar-refractivity contribution in [2.24, 2.45) is 5.73 Å². The van der Waals surface area contributed by atoms with Gasteiger partial charge in [-0.3, -0.25) is 18.6 Å². The summed E-state index contributed by atoms with van der Waals surface area (Å²) in [6.45, 7) is -1.08. The second kappa shape index (κ2) is 9.33. The van der Waals surface area contributed by atoms with Gasteiger partial charge in [0, 0.05) is 6.92 Å². The van der Waals surface area contributed by atoms with Crippen molar-refractivity contribution in [1.29, 1.82) is 0 Å². The molecule has 0 fully saturated rings. The van der Waals surface area contributed by atoms with Crippen molar-refractivity contribution < 1.29 is 52.6 Å². The number of nitrogens with two attached hydrogens (primary N) is 1. The van der Waals surface area contributed by atoms with Gasteiger partial charge in [0.1, 0.15) is 25.4 Å². The van der Waals surface area contributed by atoms with E-state index in [-0.39, 0.29) is 0 Å². The molecule has 0 spiro atoms. The third-order valence-electron chi connectivity index (χ3n) is 1.88. The summed E-state index contributed by atoms with van der Waals surface area (Å²) in [4.78, 5) is 40.7. The van der Waals surface area contributed by atoms with E-state index in [0.717, 1.165) is 6.92 Å². The van der Waals surface area contributed by atoms with Crippen molar-refractivity contribution >= 4 is 25.9 Å². The topological polar surface area (TPSA) is 192 Å². The monoisotopic (exact) mass is 345 g/mol. The molecule has 3 unspecified atom stereocenters. The van der Waals surface area contributed by atoms with Crippen LogP contribution >= 0.6 is 7.82 Å². The molecule has 0 saturated carbocycles. The number of hydrogen-bond donors (Lipinski definition) is 4. The zero-order valence-corrected chi connectivity index (χ0v) is 12.3. The minimum atomic E-state index is -4.77. The molecular weight excluding hydrogens is 329 g/mol. The van der Waals surface area contributed by atoms with Gasteiger partial charge in [0.2, 0.25) is 0 Å². The predicted octanol–water partition coefficient (Wildman–Crippen LogP) is -0.842. The number of aliphatic carboxylic acids is 1. The van der Waals surface area contributed by atoms with Crippen LogP contribution in [0.5, 0.6) is 0 Å². The Balaban J connectivity index is 4.57. The lowest BCUT2D eigenvalue weighted by atomic mass is 10.3. The quantitative estimate of drug-likeness (QED) is 0.284. The number of carbonyl (C=O) groups is 3. The van der Waals surface area contributed by atoms with Crippen LogP contribution < -0.4 is 5.73 Å². The van der Waals surface area contributed by atoms with Crippen LogP contribution in [-0.4, -0.2) is 65.2 Å². The SMILES string of the molecule is CC(=O)OCC(COC(=O)O)OP(=O)(O)OCC(N)C(=O)O. The number of hydrogen-bond acceptors (Lipinski definition) is 9. The smallest absolute Gasteiger partial charge is 0.480 e. The number of phosphoric ester groups is 1. The van der Waals surface area contributed by atoms with E-state index in [1.165, 1.54) is 0 Å². The summed E-state index contributed by atoms with van der Waals surface area (Å²) in [5.74, 6) is -2.21. The maximum atomic E-state index is 11.6. The zero-order valence-electron chi connectivity index (χ0n) is 11.4. The fourth-order valence-corrected chi connectivity index (χ4v) is 1.86. The van der Waals surface area contributed by atoms with Gasteiger partial charge in [0.15, 0.2) is 0 Å². The Morgan fingerprint density at radius 1 is 1.14 bits per heavy atom. The lowest BCUT2D eigenvalue weighted by Crippen LogP contribution is -2.35. The highest BCUT2D eigenvalue weighted by atomic mass is 31.2. The van der Waals surface area contributed by atoms with E-state index >= 15 is 0 Å². The minimum absolute atomic E-state index is 0.582. The molecule has 0 rings (SSSR count). The van der Waals surface area contributed by atoms with Gasteiger partial charge in [-0.15, -0.1) is 0 Å². The Kier molecular flexibility index (Phi) is 8.60. The molecule has 22 heavy (non-hydrogen) atoms. The van der Waals surface area contributed by atoms with Gasteiger partial charge in [-0.25, -0.2) is 9.36 Å². The first-order valence-corrected chi connectivity index (χ1v) is 7.16. The van der Waals surface area contributed by atoms with Crippen LogP contribution in [0.4, 0.5) is 4.79 Å².